The molecule has 0 aromatic heterocycles. The fourth-order valence-corrected chi connectivity index (χ4v) is 0.889. The molecule has 1 nitrogen and oxygen atoms in total. The Bertz CT molecular complexity index is 201. The van der Waals surface area contributed by atoms with Gasteiger partial charge in [0.1, 0.15) is 0 Å². The first-order valence-electron chi connectivity index (χ1n) is 3.04. The van der Waals surface area contributed by atoms with Crippen LogP contribution < -0.4 is 0 Å². The van der Waals surface area contributed by atoms with Crippen molar-refractivity contribution in [3.8, 4) is 0 Å². The third-order valence-electron chi connectivity index (χ3n) is 1.39. The second kappa shape index (κ2) is 3.94. The summed E-state index contributed by atoms with van der Waals surface area (Å²) in [4.78, 5) is -3.91. The molecule has 0 aromatic rings. The third-order valence-corrected chi connectivity index (χ3v) is 2.67. The van der Waals surface area contributed by atoms with Gasteiger partial charge in [0.05, 0.1) is 6.61 Å². The van der Waals surface area contributed by atoms with E-state index in [0.717, 1.165) is 0 Å². The van der Waals surface area contributed by atoms with E-state index in [1.807, 2.05) is 0 Å². The van der Waals surface area contributed by atoms with Crippen LogP contribution in [0.5, 0.6) is 0 Å². The van der Waals surface area contributed by atoms with Gasteiger partial charge in [-0.3, -0.25) is 0 Å². The number of rotatable bonds is 2. The Morgan fingerprint density at radius 3 is 1.50 bits per heavy atom. The molecule has 14 heavy (non-hydrogen) atoms. The zero-order valence-corrected chi connectivity index (χ0v) is 7.77. The van der Waals surface area contributed by atoms with Crippen LogP contribution in [-0.2, 0) is 0 Å². The van der Waals surface area contributed by atoms with Crippen LogP contribution in [-0.4, -0.2) is 34.3 Å². The van der Waals surface area contributed by atoms with Gasteiger partial charge in [-0.15, -0.1) is 23.2 Å². The highest BCUT2D eigenvalue weighted by Crippen LogP contribution is 2.46. The van der Waals surface area contributed by atoms with Gasteiger partial charge in [0.2, 0.25) is 0 Å². The molecule has 0 bridgehead atoms. The Labute approximate surface area is 84.6 Å². The fraction of sp³-hybridized carbons (Fsp3) is 1.00. The van der Waals surface area contributed by atoms with Gasteiger partial charge in [-0.2, -0.15) is 26.3 Å². The maximum Gasteiger partial charge on any atom is 0.411 e. The van der Waals surface area contributed by atoms with Crippen LogP contribution >= 0.6 is 23.2 Å². The molecule has 0 spiro atoms. The molecule has 0 fully saturated rings. The number of alkyl halides is 8. The zero-order valence-electron chi connectivity index (χ0n) is 6.26. The van der Waals surface area contributed by atoms with Gasteiger partial charge in [0, 0.05) is 0 Å². The average molecular weight is 265 g/mol. The second-order valence-electron chi connectivity index (χ2n) is 2.42. The Balaban J connectivity index is 5.07. The summed E-state index contributed by atoms with van der Waals surface area (Å²) in [5, 5.41) is 4.82. The van der Waals surface area contributed by atoms with Crippen LogP contribution in [0.15, 0.2) is 0 Å². The topological polar surface area (TPSA) is 20.2 Å². The minimum absolute atomic E-state index is 1.95. The molecule has 2 unspecified atom stereocenters. The highest BCUT2D eigenvalue weighted by molar-refractivity contribution is 6.33. The summed E-state index contributed by atoms with van der Waals surface area (Å²) < 4.78 is 71.5. The van der Waals surface area contributed by atoms with Crippen LogP contribution in [0.25, 0.3) is 0 Å². The lowest BCUT2D eigenvalue weighted by molar-refractivity contribution is -0.210. The molecule has 0 aliphatic heterocycles. The van der Waals surface area contributed by atoms with Gasteiger partial charge < -0.3 is 5.11 Å². The maximum absolute atomic E-state index is 12.0. The van der Waals surface area contributed by atoms with Crippen LogP contribution in [0.2, 0.25) is 0 Å². The lowest BCUT2D eigenvalue weighted by atomic mass is 10.0. The van der Waals surface area contributed by atoms with Crippen molar-refractivity contribution in [2.75, 3.05) is 6.61 Å². The summed E-state index contributed by atoms with van der Waals surface area (Å²) in [6, 6.07) is 0. The normalized spacial score (nSPS) is 20.4. The summed E-state index contributed by atoms with van der Waals surface area (Å²) in [5.41, 5.74) is 0. The van der Waals surface area contributed by atoms with Crippen molar-refractivity contribution in [2.45, 2.75) is 22.6 Å². The van der Waals surface area contributed by atoms with E-state index < -0.39 is 29.2 Å². The summed E-state index contributed by atoms with van der Waals surface area (Å²) >= 11 is 9.12. The van der Waals surface area contributed by atoms with Gasteiger partial charge in [0.15, 0.2) is 10.3 Å². The van der Waals surface area contributed by atoms with Crippen LogP contribution in [0.1, 0.15) is 0 Å². The molecule has 0 aromatic carbocycles. The van der Waals surface area contributed by atoms with E-state index in [-0.39, 0.29) is 0 Å². The minimum Gasteiger partial charge on any atom is -0.394 e. The standard InChI is InChI=1S/C5H4Cl2F6O/c6-2(4(8,9)10)3(7,1-14)5(11,12)13/h2,14H,1H2. The second-order valence-corrected chi connectivity index (χ2v) is 3.53. The molecule has 0 saturated heterocycles. The van der Waals surface area contributed by atoms with Crippen molar-refractivity contribution in [1.29, 1.82) is 0 Å². The third kappa shape index (κ3) is 2.58. The van der Waals surface area contributed by atoms with Crippen molar-refractivity contribution in [3.05, 3.63) is 0 Å². The van der Waals surface area contributed by atoms with Crippen molar-refractivity contribution in [2.24, 2.45) is 0 Å². The van der Waals surface area contributed by atoms with Crippen LogP contribution in [0.4, 0.5) is 26.3 Å². The van der Waals surface area contributed by atoms with E-state index in [0.29, 0.717) is 0 Å². The molecule has 0 heterocycles. The lowest BCUT2D eigenvalue weighted by Gasteiger charge is -2.32. The fourth-order valence-electron chi connectivity index (χ4n) is 0.573. The van der Waals surface area contributed by atoms with Gasteiger partial charge in [0.25, 0.3) is 0 Å². The zero-order chi connectivity index (χ0) is 11.8. The Kier molecular flexibility index (Phi) is 3.97. The maximum atomic E-state index is 12.0. The molecular formula is C5H4Cl2F6O. The van der Waals surface area contributed by atoms with Crippen molar-refractivity contribution >= 4 is 23.2 Å². The van der Waals surface area contributed by atoms with Crippen LogP contribution in [0, 0.1) is 0 Å². The van der Waals surface area contributed by atoms with E-state index in [1.165, 1.54) is 0 Å². The Hall–Kier alpha value is 0.120. The van der Waals surface area contributed by atoms with Crippen LogP contribution in [0.3, 0.4) is 0 Å². The monoisotopic (exact) mass is 264 g/mol. The first kappa shape index (κ1) is 14.1. The Morgan fingerprint density at radius 1 is 1.07 bits per heavy atom. The summed E-state index contributed by atoms with van der Waals surface area (Å²) in [6.07, 6.45) is -10.8. The molecular weight excluding hydrogens is 261 g/mol. The van der Waals surface area contributed by atoms with Gasteiger partial charge in [-0.25, -0.2) is 0 Å². The van der Waals surface area contributed by atoms with E-state index in [2.05, 4.69) is 23.2 Å². The highest BCUT2D eigenvalue weighted by atomic mass is 35.5. The van der Waals surface area contributed by atoms with Gasteiger partial charge in [-0.05, 0) is 0 Å². The van der Waals surface area contributed by atoms with Crippen molar-refractivity contribution in [3.63, 3.8) is 0 Å². The predicted molar refractivity (Wildman–Crippen MR) is 37.4 cm³/mol. The Morgan fingerprint density at radius 2 is 1.43 bits per heavy atom. The molecule has 9 heteroatoms. The summed E-state index contributed by atoms with van der Waals surface area (Å²) in [7, 11) is 0. The van der Waals surface area contributed by atoms with E-state index in [9.17, 15) is 26.3 Å². The SMILES string of the molecule is OCC(Cl)(C(Cl)C(F)(F)F)C(F)(F)F. The molecule has 0 aliphatic rings. The lowest BCUT2D eigenvalue weighted by Crippen LogP contribution is -2.55. The van der Waals surface area contributed by atoms with Crippen molar-refractivity contribution in [1.82, 2.24) is 0 Å². The van der Waals surface area contributed by atoms with Gasteiger partial charge >= 0.3 is 12.4 Å². The minimum atomic E-state index is -5.45. The molecule has 0 amide bonds. The smallest absolute Gasteiger partial charge is 0.394 e. The van der Waals surface area contributed by atoms with E-state index >= 15 is 0 Å². The molecule has 2 atom stereocenters. The van der Waals surface area contributed by atoms with Crippen molar-refractivity contribution < 1.29 is 31.4 Å². The highest BCUT2D eigenvalue weighted by Gasteiger charge is 2.65. The number of hydrogen-bond donors (Lipinski definition) is 1. The first-order chi connectivity index (χ1) is 5.97. The summed E-state index contributed by atoms with van der Waals surface area (Å²) in [5.74, 6) is 0. The van der Waals surface area contributed by atoms with Gasteiger partial charge in [-0.1, -0.05) is 0 Å². The predicted octanol–water partition coefficient (Wildman–Crippen LogP) is 2.69. The molecule has 0 radical (unpaired) electrons. The number of aliphatic hydroxyl groups excluding tert-OH is 1. The molecule has 0 rings (SSSR count). The largest absolute Gasteiger partial charge is 0.411 e. The molecule has 86 valence electrons. The molecule has 0 saturated carbocycles. The summed E-state index contributed by atoms with van der Waals surface area (Å²) in [6.45, 7) is -1.95. The number of hydrogen-bond acceptors (Lipinski definition) is 1. The molecule has 0 aliphatic carbocycles. The molecule has 1 N–H and O–H groups in total. The number of aliphatic hydroxyl groups is 1. The number of halogens is 8. The quantitative estimate of drug-likeness (QED) is 0.601. The van der Waals surface area contributed by atoms with E-state index in [1.54, 1.807) is 0 Å². The van der Waals surface area contributed by atoms with E-state index in [4.69, 9.17) is 5.11 Å². The average Bonchev–Trinajstić information content (AvgIpc) is 1.97. The first-order valence-corrected chi connectivity index (χ1v) is 3.85.